The fraction of sp³-hybridized carbons (Fsp3) is 0.600. The Kier molecular flexibility index (Phi) is 8.44. The van der Waals surface area contributed by atoms with Crippen molar-refractivity contribution in [3.63, 3.8) is 0 Å². The first kappa shape index (κ1) is 22.4. The molecular formula is C20H30N2O5S. The van der Waals surface area contributed by atoms with E-state index >= 15 is 0 Å². The molecule has 0 bridgehead atoms. The van der Waals surface area contributed by atoms with Crippen molar-refractivity contribution in [1.29, 1.82) is 0 Å². The number of carbonyl (C=O) groups is 2. The SMILES string of the molecule is CCC(CC)C(=O)OCC(=O)Nc1cccc(S(=O)(=O)N2CCCCCC2)c1. The summed E-state index contributed by atoms with van der Waals surface area (Å²) < 4.78 is 32.3. The minimum absolute atomic E-state index is 0.154. The van der Waals surface area contributed by atoms with Crippen LogP contribution < -0.4 is 5.32 Å². The number of ether oxygens (including phenoxy) is 1. The Morgan fingerprint density at radius 3 is 2.36 bits per heavy atom. The summed E-state index contributed by atoms with van der Waals surface area (Å²) in [5.41, 5.74) is 0.361. The van der Waals surface area contributed by atoms with Gasteiger partial charge in [0.1, 0.15) is 0 Å². The van der Waals surface area contributed by atoms with E-state index in [0.29, 0.717) is 31.6 Å². The average molecular weight is 411 g/mol. The highest BCUT2D eigenvalue weighted by Gasteiger charge is 2.25. The number of esters is 1. The molecule has 0 aliphatic carbocycles. The smallest absolute Gasteiger partial charge is 0.309 e. The second-order valence-electron chi connectivity index (χ2n) is 7.02. The molecule has 28 heavy (non-hydrogen) atoms. The van der Waals surface area contributed by atoms with Crippen LogP contribution in [0, 0.1) is 5.92 Å². The Morgan fingerprint density at radius 1 is 1.11 bits per heavy atom. The van der Waals surface area contributed by atoms with Gasteiger partial charge in [-0.25, -0.2) is 8.42 Å². The maximum atomic E-state index is 12.9. The van der Waals surface area contributed by atoms with Crippen LogP contribution in [0.25, 0.3) is 0 Å². The molecule has 1 aliphatic rings. The molecule has 8 heteroatoms. The van der Waals surface area contributed by atoms with Gasteiger partial charge >= 0.3 is 5.97 Å². The van der Waals surface area contributed by atoms with Gasteiger partial charge in [-0.1, -0.05) is 32.8 Å². The lowest BCUT2D eigenvalue weighted by atomic mass is 10.0. The number of carbonyl (C=O) groups excluding carboxylic acids is 2. The van der Waals surface area contributed by atoms with Crippen LogP contribution in [0.15, 0.2) is 29.2 Å². The van der Waals surface area contributed by atoms with Gasteiger partial charge in [-0.3, -0.25) is 9.59 Å². The van der Waals surface area contributed by atoms with Gasteiger partial charge in [0.05, 0.1) is 10.8 Å². The minimum atomic E-state index is -3.59. The van der Waals surface area contributed by atoms with Crippen molar-refractivity contribution in [1.82, 2.24) is 4.31 Å². The molecule has 1 aliphatic heterocycles. The third-order valence-electron chi connectivity index (χ3n) is 4.99. The number of amides is 1. The molecule has 156 valence electrons. The van der Waals surface area contributed by atoms with E-state index in [0.717, 1.165) is 25.7 Å². The number of nitrogens with one attached hydrogen (secondary N) is 1. The zero-order valence-corrected chi connectivity index (χ0v) is 17.5. The van der Waals surface area contributed by atoms with Crippen molar-refractivity contribution in [2.45, 2.75) is 57.3 Å². The van der Waals surface area contributed by atoms with Gasteiger partial charge < -0.3 is 10.1 Å². The first-order valence-electron chi connectivity index (χ1n) is 9.95. The van der Waals surface area contributed by atoms with Gasteiger partial charge in [0.2, 0.25) is 10.0 Å². The van der Waals surface area contributed by atoms with Gasteiger partial charge in [0.25, 0.3) is 5.91 Å². The van der Waals surface area contributed by atoms with Crippen LogP contribution in [0.1, 0.15) is 52.4 Å². The predicted molar refractivity (Wildman–Crippen MR) is 107 cm³/mol. The lowest BCUT2D eigenvalue weighted by Gasteiger charge is -2.20. The van der Waals surface area contributed by atoms with Crippen LogP contribution in [0.4, 0.5) is 5.69 Å². The van der Waals surface area contributed by atoms with E-state index in [1.54, 1.807) is 12.1 Å². The Hall–Kier alpha value is -1.93. The van der Waals surface area contributed by atoms with Gasteiger partial charge in [0, 0.05) is 18.8 Å². The van der Waals surface area contributed by atoms with E-state index in [4.69, 9.17) is 4.74 Å². The van der Waals surface area contributed by atoms with Crippen molar-refractivity contribution in [2.75, 3.05) is 25.0 Å². The van der Waals surface area contributed by atoms with Crippen molar-refractivity contribution in [3.8, 4) is 0 Å². The topological polar surface area (TPSA) is 92.8 Å². The molecule has 0 spiro atoms. The van der Waals surface area contributed by atoms with Crippen LogP contribution in [0.3, 0.4) is 0 Å². The van der Waals surface area contributed by atoms with Crippen LogP contribution in [0.2, 0.25) is 0 Å². The minimum Gasteiger partial charge on any atom is -0.455 e. The molecule has 0 radical (unpaired) electrons. The zero-order valence-electron chi connectivity index (χ0n) is 16.6. The standard InChI is InChI=1S/C20H30N2O5S/c1-3-16(4-2)20(24)27-15-19(23)21-17-10-9-11-18(14-17)28(25,26)22-12-7-5-6-8-13-22/h9-11,14,16H,3-8,12-13,15H2,1-2H3,(H,21,23). The largest absolute Gasteiger partial charge is 0.455 e. The van der Waals surface area contributed by atoms with Crippen molar-refractivity contribution in [3.05, 3.63) is 24.3 Å². The van der Waals surface area contributed by atoms with Gasteiger partial charge in [-0.05, 0) is 43.9 Å². The molecule has 7 nitrogen and oxygen atoms in total. The van der Waals surface area contributed by atoms with Gasteiger partial charge in [-0.15, -0.1) is 0 Å². The van der Waals surface area contributed by atoms with Gasteiger partial charge in [-0.2, -0.15) is 4.31 Å². The quantitative estimate of drug-likeness (QED) is 0.665. The number of anilines is 1. The Morgan fingerprint density at radius 2 is 1.75 bits per heavy atom. The Balaban J connectivity index is 2.00. The molecule has 0 unspecified atom stereocenters. The van der Waals surface area contributed by atoms with Crippen molar-refractivity contribution in [2.24, 2.45) is 5.92 Å². The Bertz CT molecular complexity index is 767. The zero-order chi connectivity index (χ0) is 20.6. The fourth-order valence-electron chi connectivity index (χ4n) is 3.24. The summed E-state index contributed by atoms with van der Waals surface area (Å²) in [4.78, 5) is 24.1. The maximum absolute atomic E-state index is 12.9. The third-order valence-corrected chi connectivity index (χ3v) is 6.88. The summed E-state index contributed by atoms with van der Waals surface area (Å²) in [6.07, 6.45) is 5.12. The van der Waals surface area contributed by atoms with E-state index in [-0.39, 0.29) is 10.8 Å². The summed E-state index contributed by atoms with van der Waals surface area (Å²) in [5, 5.41) is 2.60. The first-order valence-corrected chi connectivity index (χ1v) is 11.4. The summed E-state index contributed by atoms with van der Waals surface area (Å²) in [7, 11) is -3.59. The second-order valence-corrected chi connectivity index (χ2v) is 8.95. The molecule has 2 rings (SSSR count). The van der Waals surface area contributed by atoms with E-state index in [9.17, 15) is 18.0 Å². The summed E-state index contributed by atoms with van der Waals surface area (Å²) in [5.74, 6) is -1.10. The number of rotatable bonds is 8. The van der Waals surface area contributed by atoms with Gasteiger partial charge in [0.15, 0.2) is 6.61 Å². The van der Waals surface area contributed by atoms with E-state index in [1.165, 1.54) is 16.4 Å². The molecule has 1 N–H and O–H groups in total. The monoisotopic (exact) mass is 410 g/mol. The van der Waals surface area contributed by atoms with Crippen LogP contribution in [0.5, 0.6) is 0 Å². The molecule has 0 atom stereocenters. The molecule has 0 aromatic heterocycles. The fourth-order valence-corrected chi connectivity index (χ4v) is 4.80. The summed E-state index contributed by atoms with van der Waals surface area (Å²) >= 11 is 0. The molecule has 1 aromatic carbocycles. The molecule has 1 saturated heterocycles. The molecule has 1 aromatic rings. The van der Waals surface area contributed by atoms with Crippen molar-refractivity contribution >= 4 is 27.6 Å². The van der Waals surface area contributed by atoms with E-state index in [2.05, 4.69) is 5.32 Å². The Labute approximate surface area is 167 Å². The number of benzene rings is 1. The highest BCUT2D eigenvalue weighted by atomic mass is 32.2. The highest BCUT2D eigenvalue weighted by molar-refractivity contribution is 7.89. The summed E-state index contributed by atoms with van der Waals surface area (Å²) in [6, 6.07) is 6.18. The van der Waals surface area contributed by atoms with Crippen LogP contribution in [-0.2, 0) is 24.3 Å². The number of sulfonamides is 1. The third kappa shape index (κ3) is 6.04. The maximum Gasteiger partial charge on any atom is 0.309 e. The van der Waals surface area contributed by atoms with Crippen LogP contribution in [-0.4, -0.2) is 44.3 Å². The molecular weight excluding hydrogens is 380 g/mol. The molecule has 1 heterocycles. The predicted octanol–water partition coefficient (Wildman–Crippen LogP) is 3.17. The summed E-state index contributed by atoms with van der Waals surface area (Å²) in [6.45, 7) is 4.44. The second kappa shape index (κ2) is 10.6. The number of hydrogen-bond donors (Lipinski definition) is 1. The molecule has 0 saturated carbocycles. The van der Waals surface area contributed by atoms with Crippen molar-refractivity contribution < 1.29 is 22.7 Å². The average Bonchev–Trinajstić information content (AvgIpc) is 2.97. The highest BCUT2D eigenvalue weighted by Crippen LogP contribution is 2.22. The molecule has 1 amide bonds. The molecule has 1 fully saturated rings. The normalized spacial score (nSPS) is 15.8. The first-order chi connectivity index (χ1) is 13.4. The van der Waals surface area contributed by atoms with E-state index < -0.39 is 28.5 Å². The number of hydrogen-bond acceptors (Lipinski definition) is 5. The number of nitrogens with zero attached hydrogens (tertiary/aromatic N) is 1. The van der Waals surface area contributed by atoms with Crippen LogP contribution >= 0.6 is 0 Å². The lowest BCUT2D eigenvalue weighted by molar-refractivity contribution is -0.151. The lowest BCUT2D eigenvalue weighted by Crippen LogP contribution is -2.32. The van der Waals surface area contributed by atoms with E-state index in [1.807, 2.05) is 13.8 Å².